The molecule has 0 spiro atoms. The molecule has 28 heavy (non-hydrogen) atoms. The Kier molecular flexibility index (Phi) is 5.38. The summed E-state index contributed by atoms with van der Waals surface area (Å²) in [6, 6.07) is 4.81. The summed E-state index contributed by atoms with van der Waals surface area (Å²) in [5.74, 6) is -1.08. The first kappa shape index (κ1) is 19.8. The summed E-state index contributed by atoms with van der Waals surface area (Å²) in [5, 5.41) is 2.96. The molecule has 0 bridgehead atoms. The molecule has 0 unspecified atom stereocenters. The Morgan fingerprint density at radius 2 is 1.75 bits per heavy atom. The van der Waals surface area contributed by atoms with E-state index in [1.165, 1.54) is 12.1 Å². The third-order valence-corrected chi connectivity index (χ3v) is 5.02. The van der Waals surface area contributed by atoms with E-state index in [9.17, 15) is 19.2 Å². The first-order valence-corrected chi connectivity index (χ1v) is 9.20. The Balaban J connectivity index is 1.90. The van der Waals surface area contributed by atoms with Gasteiger partial charge >= 0.3 is 0 Å². The second-order valence-corrected chi connectivity index (χ2v) is 7.28. The van der Waals surface area contributed by atoms with Gasteiger partial charge in [0.25, 0.3) is 11.5 Å². The number of carbonyl (C=O) groups is 3. The standard InChI is InChI=1S/C20H20ClN3O4/c1-10-6-11(2)23-20(28)15(10)9-22-19(27)14-7-13(21)8-16(12(14)3)24-17(25)4-5-18(24)26/h6-8H,4-5,9H2,1-3H3,(H,22,27)(H,23,28). The number of rotatable bonds is 4. The molecule has 0 radical (unpaired) electrons. The van der Waals surface area contributed by atoms with E-state index in [2.05, 4.69) is 10.3 Å². The molecule has 1 aliphatic rings. The number of aromatic nitrogens is 1. The maximum absolute atomic E-state index is 12.7. The van der Waals surface area contributed by atoms with Crippen molar-refractivity contribution in [1.29, 1.82) is 0 Å². The molecule has 146 valence electrons. The molecule has 3 rings (SSSR count). The number of H-pyrrole nitrogens is 1. The molecule has 0 aliphatic carbocycles. The minimum Gasteiger partial charge on any atom is -0.348 e. The van der Waals surface area contributed by atoms with Crippen LogP contribution in [0.15, 0.2) is 23.0 Å². The molecule has 7 nitrogen and oxygen atoms in total. The number of nitrogens with one attached hydrogen (secondary N) is 2. The van der Waals surface area contributed by atoms with Crippen molar-refractivity contribution in [1.82, 2.24) is 10.3 Å². The van der Waals surface area contributed by atoms with Crippen molar-refractivity contribution in [2.75, 3.05) is 4.90 Å². The summed E-state index contributed by atoms with van der Waals surface area (Å²) in [6.07, 6.45) is 0.281. The average Bonchev–Trinajstić information content (AvgIpc) is 2.94. The van der Waals surface area contributed by atoms with Crippen molar-refractivity contribution in [3.63, 3.8) is 0 Å². The molecule has 3 amide bonds. The Labute approximate surface area is 166 Å². The van der Waals surface area contributed by atoms with Crippen LogP contribution in [0.3, 0.4) is 0 Å². The van der Waals surface area contributed by atoms with Crippen LogP contribution in [0.1, 0.15) is 45.6 Å². The fraction of sp³-hybridized carbons (Fsp3) is 0.300. The lowest BCUT2D eigenvalue weighted by atomic mass is 10.0. The Morgan fingerprint density at radius 3 is 2.36 bits per heavy atom. The van der Waals surface area contributed by atoms with E-state index in [1.54, 1.807) is 20.8 Å². The molecule has 1 aliphatic heterocycles. The predicted octanol–water partition coefficient (Wildman–Crippen LogP) is 2.54. The van der Waals surface area contributed by atoms with E-state index < -0.39 is 5.91 Å². The van der Waals surface area contributed by atoms with Gasteiger partial charge in [-0.2, -0.15) is 0 Å². The Hall–Kier alpha value is -2.93. The Morgan fingerprint density at radius 1 is 1.11 bits per heavy atom. The van der Waals surface area contributed by atoms with E-state index in [4.69, 9.17) is 11.6 Å². The minimum absolute atomic E-state index is 0.0448. The highest BCUT2D eigenvalue weighted by atomic mass is 35.5. The number of pyridine rings is 1. The molecule has 1 fully saturated rings. The molecule has 0 saturated carbocycles. The minimum atomic E-state index is -0.445. The number of imide groups is 1. The Bertz CT molecular complexity index is 1040. The van der Waals surface area contributed by atoms with Crippen LogP contribution in [0.2, 0.25) is 5.02 Å². The fourth-order valence-electron chi connectivity index (χ4n) is 3.34. The first-order chi connectivity index (χ1) is 13.2. The van der Waals surface area contributed by atoms with Gasteiger partial charge in [0.1, 0.15) is 0 Å². The number of amides is 3. The van der Waals surface area contributed by atoms with Crippen LogP contribution in [-0.2, 0) is 16.1 Å². The van der Waals surface area contributed by atoms with Crippen LogP contribution >= 0.6 is 11.6 Å². The molecular weight excluding hydrogens is 382 g/mol. The SMILES string of the molecule is Cc1cc(C)c(CNC(=O)c2cc(Cl)cc(N3C(=O)CCC3=O)c2C)c(=O)[nH]1. The average molecular weight is 402 g/mol. The van der Waals surface area contributed by atoms with Gasteiger partial charge in [-0.1, -0.05) is 11.6 Å². The molecular formula is C20H20ClN3O4. The summed E-state index contributed by atoms with van der Waals surface area (Å²) in [4.78, 5) is 52.8. The van der Waals surface area contributed by atoms with E-state index in [-0.39, 0.29) is 47.3 Å². The number of anilines is 1. The summed E-state index contributed by atoms with van der Waals surface area (Å²) in [7, 11) is 0. The third-order valence-electron chi connectivity index (χ3n) is 4.80. The summed E-state index contributed by atoms with van der Waals surface area (Å²) in [5.41, 5.74) is 2.76. The van der Waals surface area contributed by atoms with Crippen molar-refractivity contribution < 1.29 is 14.4 Å². The number of hydrogen-bond acceptors (Lipinski definition) is 4. The highest BCUT2D eigenvalue weighted by Gasteiger charge is 2.32. The second kappa shape index (κ2) is 7.59. The molecule has 2 aromatic rings. The lowest BCUT2D eigenvalue weighted by Gasteiger charge is -2.19. The summed E-state index contributed by atoms with van der Waals surface area (Å²) in [6.45, 7) is 5.29. The van der Waals surface area contributed by atoms with Gasteiger partial charge in [0.2, 0.25) is 11.8 Å². The summed E-state index contributed by atoms with van der Waals surface area (Å²) < 4.78 is 0. The van der Waals surface area contributed by atoms with Gasteiger partial charge in [-0.25, -0.2) is 0 Å². The van der Waals surface area contributed by atoms with E-state index in [0.29, 0.717) is 16.8 Å². The third kappa shape index (κ3) is 3.71. The molecule has 1 aromatic heterocycles. The van der Waals surface area contributed by atoms with Gasteiger partial charge in [-0.15, -0.1) is 0 Å². The zero-order valence-electron chi connectivity index (χ0n) is 15.8. The van der Waals surface area contributed by atoms with Crippen molar-refractivity contribution in [3.05, 3.63) is 61.5 Å². The quantitative estimate of drug-likeness (QED) is 0.769. The monoisotopic (exact) mass is 401 g/mol. The summed E-state index contributed by atoms with van der Waals surface area (Å²) >= 11 is 6.14. The van der Waals surface area contributed by atoms with E-state index in [0.717, 1.165) is 16.2 Å². The normalized spacial score (nSPS) is 13.9. The molecule has 8 heteroatoms. The molecule has 2 N–H and O–H groups in total. The number of benzene rings is 1. The molecule has 2 heterocycles. The molecule has 1 aromatic carbocycles. The van der Waals surface area contributed by atoms with Crippen LogP contribution in [0.25, 0.3) is 0 Å². The molecule has 0 atom stereocenters. The van der Waals surface area contributed by atoms with Crippen LogP contribution < -0.4 is 15.8 Å². The maximum Gasteiger partial charge on any atom is 0.253 e. The van der Waals surface area contributed by atoms with Crippen LogP contribution in [0.5, 0.6) is 0 Å². The van der Waals surface area contributed by atoms with Crippen molar-refractivity contribution in [2.24, 2.45) is 0 Å². The number of hydrogen-bond donors (Lipinski definition) is 2. The van der Waals surface area contributed by atoms with Gasteiger partial charge in [0, 0.05) is 41.2 Å². The van der Waals surface area contributed by atoms with E-state index >= 15 is 0 Å². The van der Waals surface area contributed by atoms with Crippen molar-refractivity contribution in [3.8, 4) is 0 Å². The van der Waals surface area contributed by atoms with Gasteiger partial charge in [0.15, 0.2) is 0 Å². The van der Waals surface area contributed by atoms with Crippen molar-refractivity contribution in [2.45, 2.75) is 40.2 Å². The lowest BCUT2D eigenvalue weighted by Crippen LogP contribution is -2.31. The zero-order chi connectivity index (χ0) is 20.6. The maximum atomic E-state index is 12.7. The van der Waals surface area contributed by atoms with Crippen LogP contribution in [-0.4, -0.2) is 22.7 Å². The van der Waals surface area contributed by atoms with Gasteiger partial charge in [-0.05, 0) is 50.1 Å². The topological polar surface area (TPSA) is 99.3 Å². The zero-order valence-corrected chi connectivity index (χ0v) is 16.6. The van der Waals surface area contributed by atoms with E-state index in [1.807, 2.05) is 6.07 Å². The van der Waals surface area contributed by atoms with Crippen molar-refractivity contribution >= 4 is 35.0 Å². The van der Waals surface area contributed by atoms with Gasteiger partial charge < -0.3 is 10.3 Å². The first-order valence-electron chi connectivity index (χ1n) is 8.82. The number of aryl methyl sites for hydroxylation is 2. The number of carbonyl (C=O) groups excluding carboxylic acids is 3. The lowest BCUT2D eigenvalue weighted by molar-refractivity contribution is -0.121. The number of halogens is 1. The smallest absolute Gasteiger partial charge is 0.253 e. The van der Waals surface area contributed by atoms with Crippen LogP contribution in [0.4, 0.5) is 5.69 Å². The molecule has 1 saturated heterocycles. The number of aromatic amines is 1. The second-order valence-electron chi connectivity index (χ2n) is 6.85. The van der Waals surface area contributed by atoms with Gasteiger partial charge in [-0.3, -0.25) is 24.1 Å². The van der Waals surface area contributed by atoms with Gasteiger partial charge in [0.05, 0.1) is 5.69 Å². The highest BCUT2D eigenvalue weighted by molar-refractivity contribution is 6.32. The number of nitrogens with zero attached hydrogens (tertiary/aromatic N) is 1. The van der Waals surface area contributed by atoms with Crippen LogP contribution in [0, 0.1) is 20.8 Å². The highest BCUT2D eigenvalue weighted by Crippen LogP contribution is 2.31. The fourth-order valence-corrected chi connectivity index (χ4v) is 3.56. The largest absolute Gasteiger partial charge is 0.348 e. The predicted molar refractivity (Wildman–Crippen MR) is 106 cm³/mol.